The van der Waals surface area contributed by atoms with Crippen molar-refractivity contribution in [2.24, 2.45) is 0 Å². The van der Waals surface area contributed by atoms with E-state index in [9.17, 15) is 14.9 Å². The van der Waals surface area contributed by atoms with Gasteiger partial charge in [0.25, 0.3) is 5.69 Å². The number of nitrogens with zero attached hydrogens (tertiary/aromatic N) is 3. The molecule has 3 aromatic rings. The minimum Gasteiger partial charge on any atom is -0.479 e. The molecule has 8 nitrogen and oxygen atoms in total. The number of carbonyl (C=O) groups is 1. The molecule has 26 heavy (non-hydrogen) atoms. The van der Waals surface area contributed by atoms with Gasteiger partial charge in [0.15, 0.2) is 0 Å². The molecular formula is C18H15N3O5. The Kier molecular flexibility index (Phi) is 4.74. The summed E-state index contributed by atoms with van der Waals surface area (Å²) in [5, 5.41) is 11.5. The summed E-state index contributed by atoms with van der Waals surface area (Å²) in [6.07, 6.45) is 0. The molecule has 8 heteroatoms. The number of ether oxygens (including phenoxy) is 2. The lowest BCUT2D eigenvalue weighted by atomic mass is 10.0. The Hall–Kier alpha value is -3.55. The minimum absolute atomic E-state index is 0.0438. The van der Waals surface area contributed by atoms with Crippen molar-refractivity contribution in [1.29, 1.82) is 0 Å². The van der Waals surface area contributed by atoms with Crippen molar-refractivity contribution in [2.45, 2.75) is 6.92 Å². The van der Waals surface area contributed by atoms with Crippen LogP contribution in [0.25, 0.3) is 22.2 Å². The summed E-state index contributed by atoms with van der Waals surface area (Å²) in [7, 11) is 1.34. The fourth-order valence-electron chi connectivity index (χ4n) is 2.55. The van der Waals surface area contributed by atoms with Gasteiger partial charge in [-0.1, -0.05) is 30.3 Å². The van der Waals surface area contributed by atoms with Crippen LogP contribution in [0.4, 0.5) is 5.69 Å². The highest BCUT2D eigenvalue weighted by Gasteiger charge is 2.22. The van der Waals surface area contributed by atoms with E-state index in [2.05, 4.69) is 9.97 Å². The van der Waals surface area contributed by atoms with Gasteiger partial charge in [-0.05, 0) is 18.6 Å². The summed E-state index contributed by atoms with van der Waals surface area (Å²) in [4.78, 5) is 31.6. The molecule has 132 valence electrons. The van der Waals surface area contributed by atoms with Crippen LogP contribution in [-0.2, 0) is 4.74 Å². The molecule has 0 spiro atoms. The molecule has 0 atom stereocenters. The van der Waals surface area contributed by atoms with E-state index in [1.807, 2.05) is 6.07 Å². The molecule has 1 heterocycles. The Balaban J connectivity index is 2.27. The quantitative estimate of drug-likeness (QED) is 0.393. The summed E-state index contributed by atoms with van der Waals surface area (Å²) < 4.78 is 10.1. The van der Waals surface area contributed by atoms with Gasteiger partial charge in [0, 0.05) is 6.07 Å². The Bertz CT molecular complexity index is 989. The fourth-order valence-corrected chi connectivity index (χ4v) is 2.55. The molecule has 0 bridgehead atoms. The molecule has 3 rings (SSSR count). The summed E-state index contributed by atoms with van der Waals surface area (Å²) in [6.45, 7) is 1.85. The van der Waals surface area contributed by atoms with Crippen LogP contribution in [0.5, 0.6) is 5.88 Å². The Labute approximate surface area is 148 Å². The van der Waals surface area contributed by atoms with E-state index in [1.54, 1.807) is 31.2 Å². The Morgan fingerprint density at radius 2 is 1.85 bits per heavy atom. The molecule has 0 aliphatic carbocycles. The second kappa shape index (κ2) is 7.14. The third kappa shape index (κ3) is 3.16. The van der Waals surface area contributed by atoms with Gasteiger partial charge in [0.2, 0.25) is 11.6 Å². The number of esters is 1. The van der Waals surface area contributed by atoms with Crippen LogP contribution in [0.2, 0.25) is 0 Å². The van der Waals surface area contributed by atoms with Gasteiger partial charge in [-0.3, -0.25) is 10.1 Å². The number of carbonyl (C=O) groups excluding carboxylic acids is 1. The molecule has 0 saturated heterocycles. The van der Waals surface area contributed by atoms with Gasteiger partial charge in [-0.15, -0.1) is 0 Å². The Morgan fingerprint density at radius 3 is 2.46 bits per heavy atom. The van der Waals surface area contributed by atoms with E-state index >= 15 is 0 Å². The van der Waals surface area contributed by atoms with Gasteiger partial charge in [0.05, 0.1) is 35.2 Å². The number of nitro benzene ring substituents is 1. The first-order valence-corrected chi connectivity index (χ1v) is 7.81. The zero-order chi connectivity index (χ0) is 18.7. The maximum atomic E-state index is 12.1. The topological polar surface area (TPSA) is 104 Å². The molecular weight excluding hydrogens is 338 g/mol. The number of aromatic nitrogens is 2. The number of hydrogen-bond acceptors (Lipinski definition) is 7. The first-order valence-electron chi connectivity index (χ1n) is 7.81. The van der Waals surface area contributed by atoms with Crippen molar-refractivity contribution in [3.8, 4) is 17.0 Å². The molecule has 0 fully saturated rings. The number of fused-ring (bicyclic) bond motifs is 1. The summed E-state index contributed by atoms with van der Waals surface area (Å²) in [5.41, 5.74) is 1.45. The highest BCUT2D eigenvalue weighted by molar-refractivity contribution is 5.94. The van der Waals surface area contributed by atoms with Gasteiger partial charge in [-0.25, -0.2) is 14.8 Å². The third-order valence-corrected chi connectivity index (χ3v) is 3.69. The molecule has 0 N–H and O–H groups in total. The largest absolute Gasteiger partial charge is 0.479 e. The number of methoxy groups -OCH3 is 1. The highest BCUT2D eigenvalue weighted by atomic mass is 16.6. The maximum Gasteiger partial charge on any atom is 0.362 e. The van der Waals surface area contributed by atoms with E-state index in [0.717, 1.165) is 0 Å². The van der Waals surface area contributed by atoms with E-state index in [1.165, 1.54) is 19.2 Å². The van der Waals surface area contributed by atoms with Crippen molar-refractivity contribution in [2.75, 3.05) is 13.7 Å². The Morgan fingerprint density at radius 1 is 1.15 bits per heavy atom. The molecule has 1 aromatic heterocycles. The van der Waals surface area contributed by atoms with Crippen LogP contribution in [0, 0.1) is 10.1 Å². The number of benzene rings is 2. The summed E-state index contributed by atoms with van der Waals surface area (Å²) >= 11 is 0. The average Bonchev–Trinajstić information content (AvgIpc) is 2.66. The molecule has 2 aromatic carbocycles. The summed E-state index contributed by atoms with van der Waals surface area (Å²) in [5.74, 6) is -0.712. The fraction of sp³-hybridized carbons (Fsp3) is 0.167. The predicted octanol–water partition coefficient (Wildman–Crippen LogP) is 3.39. The SMILES string of the molecule is CCOC(=O)c1nc2cc(-c3ccccc3)c([N+](=O)[O-])cc2nc1OC. The predicted molar refractivity (Wildman–Crippen MR) is 94.1 cm³/mol. The van der Waals surface area contributed by atoms with Crippen LogP contribution in [0.15, 0.2) is 42.5 Å². The molecule has 0 aliphatic rings. The monoisotopic (exact) mass is 353 g/mol. The second-order valence-electron chi connectivity index (χ2n) is 5.28. The van der Waals surface area contributed by atoms with E-state index in [0.29, 0.717) is 16.6 Å². The first-order chi connectivity index (χ1) is 12.5. The van der Waals surface area contributed by atoms with Crippen LogP contribution in [0.3, 0.4) is 0 Å². The molecule has 0 radical (unpaired) electrons. The van der Waals surface area contributed by atoms with Crippen LogP contribution in [-0.4, -0.2) is 34.6 Å². The number of rotatable bonds is 5. The highest BCUT2D eigenvalue weighted by Crippen LogP contribution is 2.34. The van der Waals surface area contributed by atoms with Gasteiger partial charge in [0.1, 0.15) is 0 Å². The number of hydrogen-bond donors (Lipinski definition) is 0. The van der Waals surface area contributed by atoms with Crippen molar-refractivity contribution >= 4 is 22.7 Å². The lowest BCUT2D eigenvalue weighted by Gasteiger charge is -2.09. The van der Waals surface area contributed by atoms with Crippen LogP contribution < -0.4 is 4.74 Å². The van der Waals surface area contributed by atoms with Crippen molar-refractivity contribution in [3.05, 3.63) is 58.3 Å². The zero-order valence-electron chi connectivity index (χ0n) is 14.1. The molecule has 0 saturated carbocycles. The maximum absolute atomic E-state index is 12.1. The van der Waals surface area contributed by atoms with Gasteiger partial charge < -0.3 is 9.47 Å². The second-order valence-corrected chi connectivity index (χ2v) is 5.28. The summed E-state index contributed by atoms with van der Waals surface area (Å²) in [6, 6.07) is 11.8. The van der Waals surface area contributed by atoms with E-state index < -0.39 is 10.9 Å². The van der Waals surface area contributed by atoms with Crippen LogP contribution >= 0.6 is 0 Å². The average molecular weight is 353 g/mol. The lowest BCUT2D eigenvalue weighted by Crippen LogP contribution is -2.11. The van der Waals surface area contributed by atoms with Crippen molar-refractivity contribution in [3.63, 3.8) is 0 Å². The standard InChI is InChI=1S/C18H15N3O5/c1-3-26-18(22)16-17(25-2)20-14-10-15(21(23)24)12(9-13(14)19-16)11-7-5-4-6-8-11/h4-10H,3H2,1-2H3. The molecule has 0 aliphatic heterocycles. The number of nitro groups is 1. The molecule has 0 amide bonds. The minimum atomic E-state index is -0.668. The van der Waals surface area contributed by atoms with Crippen molar-refractivity contribution < 1.29 is 19.2 Å². The van der Waals surface area contributed by atoms with E-state index in [-0.39, 0.29) is 29.4 Å². The zero-order valence-corrected chi connectivity index (χ0v) is 14.1. The smallest absolute Gasteiger partial charge is 0.362 e. The molecule has 0 unspecified atom stereocenters. The normalized spacial score (nSPS) is 10.5. The van der Waals surface area contributed by atoms with Crippen molar-refractivity contribution in [1.82, 2.24) is 9.97 Å². The van der Waals surface area contributed by atoms with Gasteiger partial charge in [-0.2, -0.15) is 0 Å². The van der Waals surface area contributed by atoms with E-state index in [4.69, 9.17) is 9.47 Å². The first kappa shape index (κ1) is 17.3. The third-order valence-electron chi connectivity index (χ3n) is 3.69. The van der Waals surface area contributed by atoms with Crippen LogP contribution in [0.1, 0.15) is 17.4 Å². The lowest BCUT2D eigenvalue weighted by molar-refractivity contribution is -0.384. The van der Waals surface area contributed by atoms with Gasteiger partial charge >= 0.3 is 5.97 Å².